The number of anilines is 1. The van der Waals surface area contributed by atoms with Crippen LogP contribution >= 0.6 is 11.6 Å². The van der Waals surface area contributed by atoms with Gasteiger partial charge >= 0.3 is 0 Å². The first kappa shape index (κ1) is 11.2. The zero-order valence-corrected chi connectivity index (χ0v) is 10.5. The highest BCUT2D eigenvalue weighted by molar-refractivity contribution is 6.32. The summed E-state index contributed by atoms with van der Waals surface area (Å²) in [5, 5.41) is 4.20. The Labute approximate surface area is 107 Å². The minimum Gasteiger partial charge on any atom is -0.488 e. The summed E-state index contributed by atoms with van der Waals surface area (Å²) in [6, 6.07) is 6.22. The molecular formula is C13H17ClN2O. The molecule has 1 atom stereocenters. The third kappa shape index (κ3) is 2.35. The number of halogens is 1. The molecule has 3 nitrogen and oxygen atoms in total. The van der Waals surface area contributed by atoms with Crippen LogP contribution in [-0.2, 0) is 0 Å². The average Bonchev–Trinajstić information content (AvgIpc) is 2.82. The molecule has 0 spiro atoms. The minimum atomic E-state index is 0.374. The molecule has 2 aliphatic heterocycles. The van der Waals surface area contributed by atoms with E-state index in [0.717, 1.165) is 18.0 Å². The van der Waals surface area contributed by atoms with Crippen molar-refractivity contribution in [2.45, 2.75) is 18.9 Å². The molecule has 17 heavy (non-hydrogen) atoms. The number of fused-ring (bicyclic) bond motifs is 1. The molecule has 0 bridgehead atoms. The maximum absolute atomic E-state index is 6.08. The SMILES string of the molecule is Clc1cccc2c1OCC(CN1CCCC1)N2. The second-order valence-electron chi connectivity index (χ2n) is 4.78. The number of hydrogen-bond acceptors (Lipinski definition) is 3. The van der Waals surface area contributed by atoms with Crippen LogP contribution in [0.5, 0.6) is 5.75 Å². The zero-order chi connectivity index (χ0) is 11.7. The van der Waals surface area contributed by atoms with Crippen LogP contribution in [0.15, 0.2) is 18.2 Å². The van der Waals surface area contributed by atoms with Gasteiger partial charge in [-0.25, -0.2) is 0 Å². The van der Waals surface area contributed by atoms with E-state index in [4.69, 9.17) is 16.3 Å². The monoisotopic (exact) mass is 252 g/mol. The van der Waals surface area contributed by atoms with Gasteiger partial charge in [-0.05, 0) is 38.1 Å². The lowest BCUT2D eigenvalue weighted by Crippen LogP contribution is -2.41. The quantitative estimate of drug-likeness (QED) is 0.876. The van der Waals surface area contributed by atoms with E-state index in [1.54, 1.807) is 0 Å². The normalized spacial score (nSPS) is 23.9. The largest absolute Gasteiger partial charge is 0.488 e. The summed E-state index contributed by atoms with van der Waals surface area (Å²) in [5.41, 5.74) is 1.02. The van der Waals surface area contributed by atoms with Gasteiger partial charge in [0.1, 0.15) is 6.61 Å². The summed E-state index contributed by atoms with van der Waals surface area (Å²) in [7, 11) is 0. The predicted molar refractivity (Wildman–Crippen MR) is 70.0 cm³/mol. The van der Waals surface area contributed by atoms with Gasteiger partial charge in [-0.3, -0.25) is 0 Å². The van der Waals surface area contributed by atoms with Gasteiger partial charge in [0.15, 0.2) is 5.75 Å². The molecule has 1 aromatic carbocycles. The third-order valence-electron chi connectivity index (χ3n) is 3.43. The van der Waals surface area contributed by atoms with Crippen LogP contribution in [0, 0.1) is 0 Å². The molecule has 0 radical (unpaired) electrons. The summed E-state index contributed by atoms with van der Waals surface area (Å²) < 4.78 is 5.76. The number of para-hydroxylation sites is 1. The molecule has 2 aliphatic rings. The smallest absolute Gasteiger partial charge is 0.161 e. The van der Waals surface area contributed by atoms with Crippen LogP contribution in [0.3, 0.4) is 0 Å². The second-order valence-corrected chi connectivity index (χ2v) is 5.18. The van der Waals surface area contributed by atoms with Crippen molar-refractivity contribution >= 4 is 17.3 Å². The van der Waals surface area contributed by atoms with Crippen molar-refractivity contribution in [3.63, 3.8) is 0 Å². The van der Waals surface area contributed by atoms with Gasteiger partial charge in [-0.1, -0.05) is 17.7 Å². The minimum absolute atomic E-state index is 0.374. The highest BCUT2D eigenvalue weighted by atomic mass is 35.5. The topological polar surface area (TPSA) is 24.5 Å². The van der Waals surface area contributed by atoms with Crippen molar-refractivity contribution in [1.29, 1.82) is 0 Å². The van der Waals surface area contributed by atoms with Gasteiger partial charge in [0.05, 0.1) is 16.8 Å². The van der Waals surface area contributed by atoms with Gasteiger partial charge in [0.25, 0.3) is 0 Å². The summed E-state index contributed by atoms with van der Waals surface area (Å²) in [5.74, 6) is 0.798. The molecular weight excluding hydrogens is 236 g/mol. The first-order chi connectivity index (χ1) is 8.33. The molecule has 0 aromatic heterocycles. The van der Waals surface area contributed by atoms with Crippen molar-refractivity contribution in [1.82, 2.24) is 4.90 Å². The Morgan fingerprint density at radius 2 is 2.18 bits per heavy atom. The second kappa shape index (κ2) is 4.75. The fourth-order valence-corrected chi connectivity index (χ4v) is 2.82. The van der Waals surface area contributed by atoms with Crippen molar-refractivity contribution in [2.75, 3.05) is 31.6 Å². The van der Waals surface area contributed by atoms with Crippen LogP contribution in [0.2, 0.25) is 5.02 Å². The fourth-order valence-electron chi connectivity index (χ4n) is 2.59. The van der Waals surface area contributed by atoms with Crippen molar-refractivity contribution < 1.29 is 4.74 Å². The van der Waals surface area contributed by atoms with E-state index in [1.165, 1.54) is 25.9 Å². The first-order valence-corrected chi connectivity index (χ1v) is 6.61. The van der Waals surface area contributed by atoms with E-state index in [9.17, 15) is 0 Å². The van der Waals surface area contributed by atoms with Crippen molar-refractivity contribution in [3.8, 4) is 5.75 Å². The van der Waals surface area contributed by atoms with Gasteiger partial charge in [0.2, 0.25) is 0 Å². The van der Waals surface area contributed by atoms with Crippen molar-refractivity contribution in [3.05, 3.63) is 23.2 Å². The summed E-state index contributed by atoms with van der Waals surface area (Å²) in [6.45, 7) is 4.21. The highest BCUT2D eigenvalue weighted by Crippen LogP contribution is 2.35. The Kier molecular flexibility index (Phi) is 3.12. The van der Waals surface area contributed by atoms with E-state index in [0.29, 0.717) is 17.7 Å². The number of nitrogens with zero attached hydrogens (tertiary/aromatic N) is 1. The van der Waals surface area contributed by atoms with E-state index < -0.39 is 0 Å². The Morgan fingerprint density at radius 1 is 1.35 bits per heavy atom. The summed E-state index contributed by atoms with van der Waals surface area (Å²) in [6.07, 6.45) is 2.66. The van der Waals surface area contributed by atoms with Gasteiger partial charge in [-0.15, -0.1) is 0 Å². The predicted octanol–water partition coefficient (Wildman–Crippen LogP) is 2.61. The van der Waals surface area contributed by atoms with Crippen LogP contribution in [0.25, 0.3) is 0 Å². The Morgan fingerprint density at radius 3 is 3.00 bits per heavy atom. The third-order valence-corrected chi connectivity index (χ3v) is 3.73. The molecule has 1 fully saturated rings. The molecule has 1 saturated heterocycles. The fraction of sp³-hybridized carbons (Fsp3) is 0.538. The van der Waals surface area contributed by atoms with Crippen LogP contribution in [0.4, 0.5) is 5.69 Å². The number of rotatable bonds is 2. The number of hydrogen-bond donors (Lipinski definition) is 1. The van der Waals surface area contributed by atoms with Crippen molar-refractivity contribution in [2.24, 2.45) is 0 Å². The summed E-state index contributed by atoms with van der Waals surface area (Å²) in [4.78, 5) is 2.50. The molecule has 92 valence electrons. The van der Waals surface area contributed by atoms with E-state index >= 15 is 0 Å². The van der Waals surface area contributed by atoms with Crippen LogP contribution in [-0.4, -0.2) is 37.2 Å². The van der Waals surface area contributed by atoms with E-state index in [1.807, 2.05) is 18.2 Å². The number of nitrogens with one attached hydrogen (secondary N) is 1. The molecule has 4 heteroatoms. The highest BCUT2D eigenvalue weighted by Gasteiger charge is 2.23. The van der Waals surface area contributed by atoms with E-state index in [2.05, 4.69) is 10.2 Å². The average molecular weight is 253 g/mol. The molecule has 2 heterocycles. The molecule has 0 aliphatic carbocycles. The number of benzene rings is 1. The van der Waals surface area contributed by atoms with E-state index in [-0.39, 0.29) is 0 Å². The molecule has 1 aromatic rings. The molecule has 1 unspecified atom stereocenters. The maximum Gasteiger partial charge on any atom is 0.161 e. The number of ether oxygens (including phenoxy) is 1. The Bertz CT molecular complexity index is 404. The zero-order valence-electron chi connectivity index (χ0n) is 9.79. The molecule has 3 rings (SSSR count). The lowest BCUT2D eigenvalue weighted by atomic mass is 10.2. The lowest BCUT2D eigenvalue weighted by molar-refractivity contribution is 0.236. The Hall–Kier alpha value is -0.930. The van der Waals surface area contributed by atoms with Gasteiger partial charge < -0.3 is 15.0 Å². The van der Waals surface area contributed by atoms with Gasteiger partial charge in [0, 0.05) is 6.54 Å². The number of likely N-dealkylation sites (tertiary alicyclic amines) is 1. The molecule has 0 saturated carbocycles. The van der Waals surface area contributed by atoms with Crippen LogP contribution < -0.4 is 10.1 Å². The van der Waals surface area contributed by atoms with Crippen LogP contribution in [0.1, 0.15) is 12.8 Å². The lowest BCUT2D eigenvalue weighted by Gasteiger charge is -2.30. The Balaban J connectivity index is 1.68. The maximum atomic E-state index is 6.08. The molecule has 0 amide bonds. The first-order valence-electron chi connectivity index (χ1n) is 6.23. The standard InChI is InChI=1S/C13H17ClN2O/c14-11-4-3-5-12-13(11)17-9-10(15-12)8-16-6-1-2-7-16/h3-5,10,15H,1-2,6-9H2. The summed E-state index contributed by atoms with van der Waals surface area (Å²) >= 11 is 6.08. The van der Waals surface area contributed by atoms with Gasteiger partial charge in [-0.2, -0.15) is 0 Å². The molecule has 1 N–H and O–H groups in total.